The largest absolute Gasteiger partial charge is 0.456 e. The second-order valence-electron chi connectivity index (χ2n) is 12.5. The van der Waals surface area contributed by atoms with Crippen LogP contribution in [0.1, 0.15) is 31.4 Å². The monoisotopic (exact) mass is 699 g/mol. The van der Waals surface area contributed by atoms with Gasteiger partial charge >= 0.3 is 12.1 Å². The lowest BCUT2D eigenvalue weighted by Crippen LogP contribution is -2.66. The Kier molecular flexibility index (Phi) is 10.4. The molecule has 0 saturated carbocycles. The first-order valence-corrected chi connectivity index (χ1v) is 16.4. The van der Waals surface area contributed by atoms with Crippen LogP contribution >= 0.6 is 11.8 Å². The zero-order chi connectivity index (χ0) is 35.7. The third kappa shape index (κ3) is 7.18. The van der Waals surface area contributed by atoms with Crippen LogP contribution in [0, 0.1) is 32.1 Å². The lowest BCUT2D eigenvalue weighted by atomic mass is 9.78. The van der Waals surface area contributed by atoms with Gasteiger partial charge in [-0.1, -0.05) is 6.92 Å². The van der Waals surface area contributed by atoms with Crippen LogP contribution in [0.15, 0.2) is 59.1 Å². The van der Waals surface area contributed by atoms with Crippen LogP contribution in [-0.2, 0) is 32.3 Å². The number of likely N-dealkylation sites (N-methyl/N-ethyl adjacent to an activating group) is 1. The molecule has 7 atom stereocenters. The average molecular weight is 700 g/mol. The highest BCUT2D eigenvalue weighted by Crippen LogP contribution is 2.54. The van der Waals surface area contributed by atoms with Crippen molar-refractivity contribution in [1.29, 1.82) is 0 Å². The molecule has 3 aliphatic rings. The van der Waals surface area contributed by atoms with E-state index in [0.717, 1.165) is 0 Å². The number of esters is 1. The summed E-state index contributed by atoms with van der Waals surface area (Å²) >= 11 is 1.31. The smallest absolute Gasteiger partial charge is 0.410 e. The van der Waals surface area contributed by atoms with Crippen molar-refractivity contribution in [3.05, 3.63) is 90.5 Å². The number of aliphatic hydroxyl groups excluding tert-OH is 2. The molecule has 262 valence electrons. The highest BCUT2D eigenvalue weighted by molar-refractivity contribution is 8.03. The number of carbonyl (C=O) groups is 3. The van der Waals surface area contributed by atoms with E-state index in [9.17, 15) is 44.8 Å². The number of ether oxygens (including phenoxy) is 2. The van der Waals surface area contributed by atoms with Gasteiger partial charge in [-0.25, -0.2) is 9.59 Å². The van der Waals surface area contributed by atoms with Crippen LogP contribution in [0.5, 0.6) is 0 Å². The van der Waals surface area contributed by atoms with Gasteiger partial charge in [0.25, 0.3) is 11.4 Å². The predicted molar refractivity (Wildman–Crippen MR) is 174 cm³/mol. The minimum Gasteiger partial charge on any atom is -0.456 e. The maximum Gasteiger partial charge on any atom is 0.410 e. The van der Waals surface area contributed by atoms with E-state index in [1.54, 1.807) is 21.0 Å². The van der Waals surface area contributed by atoms with Crippen LogP contribution in [-0.4, -0.2) is 103 Å². The molecule has 2 aromatic carbocycles. The summed E-state index contributed by atoms with van der Waals surface area (Å²) in [6.45, 7) is 3.20. The number of hydrogen-bond donors (Lipinski definition) is 2. The number of aliphatic hydroxyl groups is 2. The molecule has 0 aliphatic carbocycles. The molecule has 5 rings (SSSR count). The van der Waals surface area contributed by atoms with Crippen LogP contribution < -0.4 is 0 Å². The first kappa shape index (κ1) is 35.6. The van der Waals surface area contributed by atoms with Gasteiger partial charge in [-0.15, -0.1) is 11.8 Å². The minimum atomic E-state index is -1.15. The fourth-order valence-corrected chi connectivity index (χ4v) is 8.08. The third-order valence-electron chi connectivity index (χ3n) is 9.06. The Morgan fingerprint density at radius 1 is 0.980 bits per heavy atom. The molecule has 2 aromatic rings. The Labute approximate surface area is 285 Å². The molecule has 0 aromatic heterocycles. The summed E-state index contributed by atoms with van der Waals surface area (Å²) in [5.41, 5.74) is 0.962. The molecular weight excluding hydrogens is 662 g/mol. The molecule has 0 radical (unpaired) electrons. The predicted octanol–water partition coefficient (Wildman–Crippen LogP) is 3.01. The highest BCUT2D eigenvalue weighted by atomic mass is 32.2. The summed E-state index contributed by atoms with van der Waals surface area (Å²) in [5.74, 6) is -1.90. The van der Waals surface area contributed by atoms with Crippen molar-refractivity contribution < 1.29 is 43.9 Å². The highest BCUT2D eigenvalue weighted by Gasteiger charge is 2.60. The molecule has 49 heavy (non-hydrogen) atoms. The zero-order valence-electron chi connectivity index (χ0n) is 27.2. The van der Waals surface area contributed by atoms with Crippen molar-refractivity contribution in [1.82, 2.24) is 14.7 Å². The lowest BCUT2D eigenvalue weighted by Gasteiger charge is -2.53. The van der Waals surface area contributed by atoms with E-state index in [0.29, 0.717) is 16.0 Å². The zero-order valence-corrected chi connectivity index (χ0v) is 28.0. The van der Waals surface area contributed by atoms with Crippen molar-refractivity contribution in [2.45, 2.75) is 63.1 Å². The standard InChI is InChI=1S/C32H37N5O11S/c1-17-26-25(18(2)38)30(40)35(26)27(31(41)47-15-19-5-9-21(10-6-19)36(43)44)28(17)49-23-13-24(29(39)33(3)4)34(14-23)32(42)48-16-20-7-11-22(12-8-20)37(45)46/h5-12,17-18,23-26,30,38,40H,13-16H2,1-4H3/t17-,18-,23+,24+,25-,26-,30+/m1/s1. The molecule has 0 bridgehead atoms. The van der Waals surface area contributed by atoms with E-state index < -0.39 is 52.2 Å². The molecule has 0 unspecified atom stereocenters. The number of fused-ring (bicyclic) bond motifs is 1. The summed E-state index contributed by atoms with van der Waals surface area (Å²) in [5, 5.41) is 43.0. The number of carbonyl (C=O) groups excluding carboxylic acids is 3. The first-order valence-electron chi connectivity index (χ1n) is 15.5. The number of thioether (sulfide) groups is 1. The van der Waals surface area contributed by atoms with E-state index >= 15 is 0 Å². The number of non-ortho nitro benzene ring substituents is 2. The average Bonchev–Trinajstić information content (AvgIpc) is 3.59. The number of benzene rings is 2. The quantitative estimate of drug-likeness (QED) is 0.197. The summed E-state index contributed by atoms with van der Waals surface area (Å²) in [6, 6.07) is 9.86. The van der Waals surface area contributed by atoms with Gasteiger partial charge in [0.2, 0.25) is 5.91 Å². The summed E-state index contributed by atoms with van der Waals surface area (Å²) in [7, 11) is 3.15. The number of likely N-dealkylation sites (tertiary alicyclic amines) is 1. The molecule has 17 heteroatoms. The molecule has 2 amide bonds. The lowest BCUT2D eigenvalue weighted by molar-refractivity contribution is -0.385. The Morgan fingerprint density at radius 3 is 2.00 bits per heavy atom. The fraction of sp³-hybridized carbons (Fsp3) is 0.469. The van der Waals surface area contributed by atoms with E-state index in [4.69, 9.17) is 9.47 Å². The van der Waals surface area contributed by atoms with Gasteiger partial charge in [0.1, 0.15) is 31.2 Å². The molecule has 2 N–H and O–H groups in total. The number of hydrogen-bond acceptors (Lipinski definition) is 13. The number of nitrogens with zero attached hydrogens (tertiary/aromatic N) is 5. The van der Waals surface area contributed by atoms with E-state index in [1.807, 2.05) is 6.92 Å². The number of nitro benzene ring substituents is 2. The molecule has 0 spiro atoms. The molecule has 3 aliphatic heterocycles. The van der Waals surface area contributed by atoms with Crippen molar-refractivity contribution in [2.24, 2.45) is 11.8 Å². The SMILES string of the molecule is C[C@@H](O)[C@@H]1[C@H]2[C@@H](C)C(S[C@H]3C[C@@H](C(=O)N(C)C)N(C(=O)OCc4ccc([N+](=O)[O-])cc4)C3)=C(C(=O)OCc3ccc([N+](=O)[O-])cc3)N2[C@H]1O. The van der Waals surface area contributed by atoms with Gasteiger partial charge in [0.15, 0.2) is 0 Å². The van der Waals surface area contributed by atoms with Gasteiger partial charge in [-0.2, -0.15) is 0 Å². The van der Waals surface area contributed by atoms with Gasteiger partial charge in [-0.05, 0) is 48.7 Å². The van der Waals surface area contributed by atoms with E-state index in [1.165, 1.54) is 75.0 Å². The van der Waals surface area contributed by atoms with E-state index in [2.05, 4.69) is 0 Å². The van der Waals surface area contributed by atoms with Gasteiger partial charge in [0, 0.05) is 67.0 Å². The van der Waals surface area contributed by atoms with Crippen LogP contribution in [0.25, 0.3) is 0 Å². The first-order chi connectivity index (χ1) is 23.2. The number of rotatable bonds is 11. The van der Waals surface area contributed by atoms with Gasteiger partial charge in [0.05, 0.1) is 21.9 Å². The van der Waals surface area contributed by atoms with Gasteiger partial charge < -0.3 is 29.5 Å². The van der Waals surface area contributed by atoms with Crippen molar-refractivity contribution in [3.63, 3.8) is 0 Å². The molecule has 16 nitrogen and oxygen atoms in total. The van der Waals surface area contributed by atoms with Crippen molar-refractivity contribution in [2.75, 3.05) is 20.6 Å². The van der Waals surface area contributed by atoms with Crippen LogP contribution in [0.4, 0.5) is 16.2 Å². The summed E-state index contributed by atoms with van der Waals surface area (Å²) in [6.07, 6.45) is -2.52. The van der Waals surface area contributed by atoms with Crippen LogP contribution in [0.3, 0.4) is 0 Å². The molecular formula is C32H37N5O11S. The fourth-order valence-electron chi connectivity index (χ4n) is 6.55. The minimum absolute atomic E-state index is 0.0996. The Bertz CT molecular complexity index is 1650. The number of amides is 2. The molecule has 2 saturated heterocycles. The second-order valence-corrected chi connectivity index (χ2v) is 13.8. The number of nitro groups is 2. The second kappa shape index (κ2) is 14.4. The van der Waals surface area contributed by atoms with Gasteiger partial charge in [-0.3, -0.25) is 29.9 Å². The normalized spacial score (nSPS) is 24.9. The van der Waals surface area contributed by atoms with Crippen molar-refractivity contribution in [3.8, 4) is 0 Å². The third-order valence-corrected chi connectivity index (χ3v) is 10.5. The maximum atomic E-state index is 13.6. The Hall–Kier alpha value is -4.74. The van der Waals surface area contributed by atoms with Crippen molar-refractivity contribution >= 4 is 41.1 Å². The molecule has 3 heterocycles. The Morgan fingerprint density at radius 2 is 1.51 bits per heavy atom. The summed E-state index contributed by atoms with van der Waals surface area (Å²) in [4.78, 5) is 65.9. The molecule has 2 fully saturated rings. The summed E-state index contributed by atoms with van der Waals surface area (Å²) < 4.78 is 11.1. The topological polar surface area (TPSA) is 206 Å². The maximum absolute atomic E-state index is 13.6. The Balaban J connectivity index is 1.35. The van der Waals surface area contributed by atoms with Crippen LogP contribution in [0.2, 0.25) is 0 Å². The van der Waals surface area contributed by atoms with E-state index in [-0.39, 0.29) is 60.3 Å².